The number of amides is 1. The number of hydrogen-bond acceptors (Lipinski definition) is 6. The Kier molecular flexibility index (Phi) is 5.81. The van der Waals surface area contributed by atoms with Gasteiger partial charge in [0, 0.05) is 12.6 Å². The molecule has 1 aliphatic heterocycles. The first-order valence-corrected chi connectivity index (χ1v) is 11.4. The Morgan fingerprint density at radius 2 is 1.88 bits per heavy atom. The van der Waals surface area contributed by atoms with E-state index in [0.717, 1.165) is 10.8 Å². The van der Waals surface area contributed by atoms with Crippen LogP contribution in [0.15, 0.2) is 65.6 Å². The number of non-ortho nitro benzene ring substituents is 1. The van der Waals surface area contributed by atoms with E-state index in [2.05, 4.69) is 5.32 Å². The van der Waals surface area contributed by atoms with Crippen LogP contribution in [0.3, 0.4) is 0 Å². The molecular weight excluding hydrogens is 434 g/mol. The largest absolute Gasteiger partial charge is 0.494 e. The lowest BCUT2D eigenvalue weighted by Gasteiger charge is -2.24. The van der Waals surface area contributed by atoms with E-state index in [9.17, 15) is 23.3 Å². The molecule has 4 rings (SSSR count). The zero-order chi connectivity index (χ0) is 22.9. The number of nitrogens with zero attached hydrogens (tertiary/aromatic N) is 2. The highest BCUT2D eigenvalue weighted by Crippen LogP contribution is 2.32. The lowest BCUT2D eigenvalue weighted by molar-refractivity contribution is -0.384. The molecule has 0 radical (unpaired) electrons. The second kappa shape index (κ2) is 8.56. The fourth-order valence-corrected chi connectivity index (χ4v) is 5.56. The summed E-state index contributed by atoms with van der Waals surface area (Å²) in [4.78, 5) is 23.5. The standard InChI is InChI=1S/C22H21N3O6S/c1-31-21-14-17(25(27)28)9-11-19(21)23-22(26)20-7-4-12-24(20)32(29,30)18-10-8-15-5-2-3-6-16(15)13-18/h2-3,5-6,8-11,13-14,20H,4,7,12H2,1H3,(H,23,26)/t20-/m0/s1. The summed E-state index contributed by atoms with van der Waals surface area (Å²) in [7, 11) is -2.56. The van der Waals surface area contributed by atoms with Gasteiger partial charge in [0.25, 0.3) is 5.69 Å². The van der Waals surface area contributed by atoms with Crippen molar-refractivity contribution in [3.05, 3.63) is 70.8 Å². The Balaban J connectivity index is 1.60. The van der Waals surface area contributed by atoms with Crippen molar-refractivity contribution in [3.8, 4) is 5.75 Å². The number of anilines is 1. The minimum Gasteiger partial charge on any atom is -0.494 e. The van der Waals surface area contributed by atoms with E-state index in [1.165, 1.54) is 29.6 Å². The lowest BCUT2D eigenvalue weighted by Crippen LogP contribution is -2.43. The molecule has 1 fully saturated rings. The third-order valence-corrected chi connectivity index (χ3v) is 7.39. The highest BCUT2D eigenvalue weighted by atomic mass is 32.2. The van der Waals surface area contributed by atoms with Crippen molar-refractivity contribution < 1.29 is 22.9 Å². The van der Waals surface area contributed by atoms with Gasteiger partial charge in [-0.05, 0) is 41.8 Å². The van der Waals surface area contributed by atoms with Gasteiger partial charge >= 0.3 is 0 Å². The molecule has 1 N–H and O–H groups in total. The summed E-state index contributed by atoms with van der Waals surface area (Å²) < 4.78 is 33.0. The molecule has 9 nitrogen and oxygen atoms in total. The Labute approximate surface area is 184 Å². The van der Waals surface area contributed by atoms with Crippen LogP contribution in [0.2, 0.25) is 0 Å². The highest BCUT2D eigenvalue weighted by molar-refractivity contribution is 7.89. The van der Waals surface area contributed by atoms with Crippen LogP contribution in [-0.4, -0.2) is 43.2 Å². The van der Waals surface area contributed by atoms with Crippen molar-refractivity contribution >= 4 is 38.1 Å². The topological polar surface area (TPSA) is 119 Å². The molecule has 0 unspecified atom stereocenters. The Hall–Kier alpha value is -3.50. The van der Waals surface area contributed by atoms with Crippen LogP contribution in [-0.2, 0) is 14.8 Å². The molecule has 1 atom stereocenters. The van der Waals surface area contributed by atoms with Gasteiger partial charge in [-0.1, -0.05) is 30.3 Å². The summed E-state index contributed by atoms with van der Waals surface area (Å²) in [5.74, 6) is -0.395. The average Bonchev–Trinajstić information content (AvgIpc) is 3.30. The van der Waals surface area contributed by atoms with Crippen molar-refractivity contribution in [2.24, 2.45) is 0 Å². The van der Waals surface area contributed by atoms with Crippen LogP contribution >= 0.6 is 0 Å². The summed E-state index contributed by atoms with van der Waals surface area (Å²) >= 11 is 0. The molecule has 0 aliphatic carbocycles. The van der Waals surface area contributed by atoms with Gasteiger partial charge in [0.1, 0.15) is 11.8 Å². The molecule has 1 saturated heterocycles. The lowest BCUT2D eigenvalue weighted by atomic mass is 10.1. The van der Waals surface area contributed by atoms with Gasteiger partial charge in [0.05, 0.1) is 28.7 Å². The highest BCUT2D eigenvalue weighted by Gasteiger charge is 2.39. The first kappa shape index (κ1) is 21.7. The zero-order valence-corrected chi connectivity index (χ0v) is 18.0. The van der Waals surface area contributed by atoms with E-state index in [-0.39, 0.29) is 28.6 Å². The summed E-state index contributed by atoms with van der Waals surface area (Å²) in [6.07, 6.45) is 0.913. The first-order chi connectivity index (χ1) is 15.3. The number of hydrogen-bond donors (Lipinski definition) is 1. The maximum absolute atomic E-state index is 13.3. The minimum absolute atomic E-state index is 0.120. The Morgan fingerprint density at radius 3 is 2.59 bits per heavy atom. The Bertz CT molecular complexity index is 1310. The second-order valence-electron chi connectivity index (χ2n) is 7.41. The molecule has 1 amide bonds. The van der Waals surface area contributed by atoms with Crippen molar-refractivity contribution in [3.63, 3.8) is 0 Å². The maximum atomic E-state index is 13.3. The SMILES string of the molecule is COc1cc([N+](=O)[O-])ccc1NC(=O)[C@@H]1CCCN1S(=O)(=O)c1ccc2ccccc2c1. The Morgan fingerprint density at radius 1 is 1.12 bits per heavy atom. The molecule has 1 heterocycles. The molecule has 0 saturated carbocycles. The van der Waals surface area contributed by atoms with Gasteiger partial charge < -0.3 is 10.1 Å². The van der Waals surface area contributed by atoms with Crippen molar-refractivity contribution in [1.29, 1.82) is 0 Å². The van der Waals surface area contributed by atoms with E-state index >= 15 is 0 Å². The van der Waals surface area contributed by atoms with Gasteiger partial charge in [-0.2, -0.15) is 4.31 Å². The second-order valence-corrected chi connectivity index (χ2v) is 9.30. The number of sulfonamides is 1. The molecule has 166 valence electrons. The molecule has 3 aromatic carbocycles. The van der Waals surface area contributed by atoms with Crippen LogP contribution < -0.4 is 10.1 Å². The van der Waals surface area contributed by atoms with Crippen LogP contribution in [0, 0.1) is 10.1 Å². The van der Waals surface area contributed by atoms with Gasteiger partial charge in [0.2, 0.25) is 15.9 Å². The number of carbonyl (C=O) groups excluding carboxylic acids is 1. The number of nitro groups is 1. The number of fused-ring (bicyclic) bond motifs is 1. The predicted molar refractivity (Wildman–Crippen MR) is 119 cm³/mol. The quantitative estimate of drug-likeness (QED) is 0.448. The predicted octanol–water partition coefficient (Wildman–Crippen LogP) is 3.55. The number of nitro benzene ring substituents is 1. The fourth-order valence-electron chi connectivity index (χ4n) is 3.87. The molecule has 0 bridgehead atoms. The summed E-state index contributed by atoms with van der Waals surface area (Å²) in [6, 6.07) is 15.3. The number of ether oxygens (including phenoxy) is 1. The van der Waals surface area contributed by atoms with Crippen LogP contribution in [0.1, 0.15) is 12.8 Å². The van der Waals surface area contributed by atoms with E-state index in [4.69, 9.17) is 4.74 Å². The monoisotopic (exact) mass is 455 g/mol. The average molecular weight is 455 g/mol. The number of carbonyl (C=O) groups is 1. The zero-order valence-electron chi connectivity index (χ0n) is 17.2. The maximum Gasteiger partial charge on any atom is 0.273 e. The van der Waals surface area contributed by atoms with Crippen molar-refractivity contribution in [2.75, 3.05) is 19.0 Å². The summed E-state index contributed by atoms with van der Waals surface area (Å²) in [6.45, 7) is 0.227. The van der Waals surface area contributed by atoms with Gasteiger partial charge in [-0.15, -0.1) is 0 Å². The van der Waals surface area contributed by atoms with E-state index in [1.54, 1.807) is 18.2 Å². The molecule has 0 aromatic heterocycles. The van der Waals surface area contributed by atoms with Crippen molar-refractivity contribution in [2.45, 2.75) is 23.8 Å². The van der Waals surface area contributed by atoms with E-state index < -0.39 is 26.9 Å². The molecule has 10 heteroatoms. The summed E-state index contributed by atoms with van der Waals surface area (Å²) in [5.41, 5.74) is 0.0549. The molecular formula is C22H21N3O6S. The number of methoxy groups -OCH3 is 1. The van der Waals surface area contributed by atoms with Crippen LogP contribution in [0.25, 0.3) is 10.8 Å². The molecule has 3 aromatic rings. The van der Waals surface area contributed by atoms with E-state index in [0.29, 0.717) is 12.8 Å². The number of rotatable bonds is 6. The smallest absolute Gasteiger partial charge is 0.273 e. The van der Waals surface area contributed by atoms with Crippen LogP contribution in [0.5, 0.6) is 5.75 Å². The normalized spacial score (nSPS) is 16.7. The third kappa shape index (κ3) is 4.02. The first-order valence-electron chi connectivity index (χ1n) is 9.95. The minimum atomic E-state index is -3.90. The van der Waals surface area contributed by atoms with Gasteiger partial charge in [0.15, 0.2) is 0 Å². The van der Waals surface area contributed by atoms with E-state index in [1.807, 2.05) is 24.3 Å². The van der Waals surface area contributed by atoms with Crippen LogP contribution in [0.4, 0.5) is 11.4 Å². The van der Waals surface area contributed by atoms with Gasteiger partial charge in [-0.25, -0.2) is 8.42 Å². The molecule has 32 heavy (non-hydrogen) atoms. The molecule has 1 aliphatic rings. The van der Waals surface area contributed by atoms with Gasteiger partial charge in [-0.3, -0.25) is 14.9 Å². The summed E-state index contributed by atoms with van der Waals surface area (Å²) in [5, 5.41) is 15.4. The van der Waals surface area contributed by atoms with Crippen molar-refractivity contribution in [1.82, 2.24) is 4.31 Å². The fraction of sp³-hybridized carbons (Fsp3) is 0.227. The molecule has 0 spiro atoms. The third-order valence-electron chi connectivity index (χ3n) is 5.49. The number of benzene rings is 3. The number of nitrogens with one attached hydrogen (secondary N) is 1.